The number of aromatic nitrogens is 6. The molecule has 0 aliphatic rings. The van der Waals surface area contributed by atoms with Gasteiger partial charge in [-0.25, -0.2) is 0 Å². The molecule has 18 heteroatoms. The van der Waals surface area contributed by atoms with Gasteiger partial charge in [0, 0.05) is 47.4 Å². The van der Waals surface area contributed by atoms with Crippen LogP contribution in [-0.4, -0.2) is 41.9 Å². The maximum absolute atomic E-state index is 11.7. The van der Waals surface area contributed by atoms with Crippen LogP contribution >= 0.6 is 23.5 Å². The fourth-order valence-corrected chi connectivity index (χ4v) is 5.30. The van der Waals surface area contributed by atoms with Gasteiger partial charge in [-0.2, -0.15) is 0 Å². The number of nitrogens with zero attached hydrogens (tertiary/aromatic N) is 6. The van der Waals surface area contributed by atoms with Gasteiger partial charge in [0.2, 0.25) is 11.8 Å². The maximum Gasteiger partial charge on any atom is 2.00 e. The van der Waals surface area contributed by atoms with Gasteiger partial charge in [0.1, 0.15) is 0 Å². The molecule has 0 saturated heterocycles. The minimum Gasteiger partial charge on any atom is -0.876 e. The number of thioether (sulfide) groups is 2. The van der Waals surface area contributed by atoms with E-state index < -0.39 is 0 Å². The topological polar surface area (TPSA) is 230 Å². The van der Waals surface area contributed by atoms with Crippen LogP contribution in [0.1, 0.15) is 38.8 Å². The Morgan fingerprint density at radius 2 is 0.911 bits per heavy atom. The Morgan fingerprint density at radius 3 is 1.20 bits per heavy atom. The molecular weight excluding hydrogens is 860 g/mol. The fourth-order valence-electron chi connectivity index (χ4n) is 3.86. The Balaban J connectivity index is 0.000000411. The molecule has 0 bridgehead atoms. The van der Waals surface area contributed by atoms with E-state index in [9.17, 15) is 30.0 Å². The molecule has 4 heterocycles. The molecule has 2 radical (unpaired) electrons. The molecule has 0 fully saturated rings. The number of hydrogen-bond acceptors (Lipinski definition) is 16. The van der Waals surface area contributed by atoms with Crippen molar-refractivity contribution in [1.82, 2.24) is 30.4 Å². The van der Waals surface area contributed by atoms with E-state index in [1.54, 1.807) is 61.2 Å². The van der Waals surface area contributed by atoms with Crippen LogP contribution < -0.4 is 20.4 Å². The van der Waals surface area contributed by atoms with Crippen molar-refractivity contribution in [3.05, 3.63) is 132 Å². The molecule has 4 aromatic heterocycles. The number of benzene rings is 2. The zero-order valence-corrected chi connectivity index (χ0v) is 33.7. The molecule has 6 rings (SSSR count). The van der Waals surface area contributed by atoms with Crippen LogP contribution in [0, 0.1) is 0 Å². The Kier molecular flexibility index (Phi) is 23.1. The normalized spacial score (nSPS) is 10.4. The second-order valence-corrected chi connectivity index (χ2v) is 12.6. The first kappa shape index (κ1) is 48.8. The molecule has 0 unspecified atom stereocenters. The summed E-state index contributed by atoms with van der Waals surface area (Å²) in [4.78, 5) is 27.9. The van der Waals surface area contributed by atoms with E-state index in [2.05, 4.69) is 30.4 Å². The number of hydrogen-bond donors (Lipinski definition) is 0. The first-order valence-corrected chi connectivity index (χ1v) is 17.8. The van der Waals surface area contributed by atoms with E-state index in [-0.39, 0.29) is 80.5 Å². The van der Waals surface area contributed by atoms with Gasteiger partial charge in [-0.3, -0.25) is 19.6 Å². The molecule has 0 N–H and O–H groups in total. The summed E-state index contributed by atoms with van der Waals surface area (Å²) in [6.45, 7) is 5.39. The number of pyridine rings is 2. The van der Waals surface area contributed by atoms with Crippen LogP contribution in [0.25, 0.3) is 22.9 Å². The molecule has 6 aromatic rings. The SMILES string of the molecule is CC(=O)/C=C(/C)[O-].CC(=O)/C=C(/C)[O-].[Cu+2].[Cu+2].[O-]c1ccccc1-c1nnc(SCc2ccncc2)o1.[O-]c1ccccc1-c1nnc(SCc2ccncc2)o1. The molecule has 0 atom stereocenters. The quantitative estimate of drug-likeness (QED) is 0.0787. The Labute approximate surface area is 353 Å². The van der Waals surface area contributed by atoms with Crippen molar-refractivity contribution in [3.8, 4) is 34.4 Å². The zero-order chi connectivity index (χ0) is 39.3. The maximum atomic E-state index is 11.7. The number of para-hydroxylation sites is 2. The fraction of sp³-hybridized carbons (Fsp3) is 0.158. The van der Waals surface area contributed by atoms with Gasteiger partial charge in [-0.05, 0) is 61.4 Å². The number of allylic oxidation sites excluding steroid dienone is 4. The molecule has 0 spiro atoms. The summed E-state index contributed by atoms with van der Waals surface area (Å²) in [5, 5.41) is 59.9. The van der Waals surface area contributed by atoms with Crippen molar-refractivity contribution >= 4 is 35.1 Å². The third kappa shape index (κ3) is 18.9. The van der Waals surface area contributed by atoms with Crippen LogP contribution in [0.2, 0.25) is 0 Å². The van der Waals surface area contributed by atoms with E-state index in [4.69, 9.17) is 8.83 Å². The number of rotatable bonds is 10. The summed E-state index contributed by atoms with van der Waals surface area (Å²) in [6.07, 6.45) is 9.07. The van der Waals surface area contributed by atoms with E-state index in [0.717, 1.165) is 23.3 Å². The van der Waals surface area contributed by atoms with Crippen molar-refractivity contribution in [2.24, 2.45) is 0 Å². The predicted octanol–water partition coefficient (Wildman–Crippen LogP) is 4.67. The summed E-state index contributed by atoms with van der Waals surface area (Å²) >= 11 is 2.85. The first-order valence-electron chi connectivity index (χ1n) is 15.9. The monoisotopic (exact) mass is 892 g/mol. The summed E-state index contributed by atoms with van der Waals surface area (Å²) in [5.74, 6) is 0.941. The van der Waals surface area contributed by atoms with Crippen LogP contribution in [0.5, 0.6) is 11.5 Å². The van der Waals surface area contributed by atoms with Gasteiger partial charge in [0.25, 0.3) is 10.4 Å². The average molecular weight is 894 g/mol. The molecule has 14 nitrogen and oxygen atoms in total. The average Bonchev–Trinajstić information content (AvgIpc) is 3.81. The smallest absolute Gasteiger partial charge is 0.876 e. The van der Waals surface area contributed by atoms with Crippen LogP contribution in [-0.2, 0) is 55.2 Å². The summed E-state index contributed by atoms with van der Waals surface area (Å²) in [7, 11) is 0. The Morgan fingerprint density at radius 1 is 0.571 bits per heavy atom. The second-order valence-electron chi connectivity index (χ2n) is 10.8. The standard InChI is InChI=1S/2C14H11N3O2S.2C5H8O2.2Cu/c2*18-12-4-2-1-3-11(12)13-16-17-14(19-13)20-9-10-5-7-15-8-6-10;2*1-4(6)3-5(2)7;;/h2*1-8,18H,9H2;2*3,6H,1-2H3;;/q;;;;2*+2/p-4/b;;2*4-3-;;. The van der Waals surface area contributed by atoms with Crippen LogP contribution in [0.4, 0.5) is 0 Å². The van der Waals surface area contributed by atoms with E-state index in [1.807, 2.05) is 24.3 Å². The Bertz CT molecular complexity index is 1980. The van der Waals surface area contributed by atoms with Gasteiger partial charge in [-0.1, -0.05) is 97.4 Å². The van der Waals surface area contributed by atoms with Crippen LogP contribution in [0.15, 0.2) is 141 Å². The summed E-state index contributed by atoms with van der Waals surface area (Å²) < 4.78 is 11.0. The molecule has 0 aliphatic carbocycles. The van der Waals surface area contributed by atoms with Gasteiger partial charge in [-0.15, -0.1) is 31.9 Å². The van der Waals surface area contributed by atoms with Crippen molar-refractivity contribution in [3.63, 3.8) is 0 Å². The molecule has 2 aromatic carbocycles. The molecule has 0 amide bonds. The van der Waals surface area contributed by atoms with E-state index >= 15 is 0 Å². The number of ketones is 2. The van der Waals surface area contributed by atoms with Crippen molar-refractivity contribution < 1.29 is 73.0 Å². The van der Waals surface area contributed by atoms with Gasteiger partial charge >= 0.3 is 34.1 Å². The van der Waals surface area contributed by atoms with E-state index in [0.29, 0.717) is 33.1 Å². The van der Waals surface area contributed by atoms with Crippen molar-refractivity contribution in [2.75, 3.05) is 0 Å². The summed E-state index contributed by atoms with van der Waals surface area (Å²) in [5.41, 5.74) is 3.09. The summed E-state index contributed by atoms with van der Waals surface area (Å²) in [6, 6.07) is 20.9. The molecule has 298 valence electrons. The molecule has 56 heavy (non-hydrogen) atoms. The zero-order valence-electron chi connectivity index (χ0n) is 30.2. The molecule has 0 aliphatic heterocycles. The molecule has 0 saturated carbocycles. The van der Waals surface area contributed by atoms with E-state index in [1.165, 1.54) is 63.4 Å². The largest absolute Gasteiger partial charge is 2.00 e. The Hall–Kier alpha value is -5.22. The van der Waals surface area contributed by atoms with Crippen molar-refractivity contribution in [1.29, 1.82) is 0 Å². The predicted molar refractivity (Wildman–Crippen MR) is 195 cm³/mol. The first-order chi connectivity index (χ1) is 25.9. The van der Waals surface area contributed by atoms with Crippen LogP contribution in [0.3, 0.4) is 0 Å². The van der Waals surface area contributed by atoms with Gasteiger partial charge in [0.05, 0.1) is 0 Å². The van der Waals surface area contributed by atoms with Gasteiger partial charge in [0.15, 0.2) is 11.6 Å². The third-order valence-corrected chi connectivity index (χ3v) is 7.86. The number of carbonyl (C=O) groups excluding carboxylic acids is 2. The van der Waals surface area contributed by atoms with Crippen molar-refractivity contribution in [2.45, 2.75) is 49.6 Å². The second kappa shape index (κ2) is 26.6. The minimum absolute atomic E-state index is 0. The number of carbonyl (C=O) groups is 2. The minimum atomic E-state index is -0.187. The van der Waals surface area contributed by atoms with Gasteiger partial charge < -0.3 is 29.3 Å². The molecular formula is C38H34Cu2N6O8S2. The third-order valence-electron chi connectivity index (χ3n) is 6.08.